The molecule has 0 unspecified atom stereocenters. The summed E-state index contributed by atoms with van der Waals surface area (Å²) < 4.78 is 9.58. The third kappa shape index (κ3) is 11.1. The highest BCUT2D eigenvalue weighted by atomic mass is 16.6. The molecule has 0 radical (unpaired) electrons. The molecule has 0 saturated heterocycles. The highest BCUT2D eigenvalue weighted by Crippen LogP contribution is 2.22. The van der Waals surface area contributed by atoms with Gasteiger partial charge in [-0.25, -0.2) is 4.79 Å². The normalized spacial score (nSPS) is 9.03. The number of nitro benzene ring substituents is 1. The summed E-state index contributed by atoms with van der Waals surface area (Å²) in [5.74, 6) is 13.4. The predicted molar refractivity (Wildman–Crippen MR) is 123 cm³/mol. The van der Waals surface area contributed by atoms with Crippen LogP contribution in [-0.4, -0.2) is 16.9 Å². The van der Waals surface area contributed by atoms with Gasteiger partial charge in [-0.15, -0.1) is 13.2 Å². The first-order valence-electron chi connectivity index (χ1n) is 9.52. The van der Waals surface area contributed by atoms with Gasteiger partial charge in [-0.05, 0) is 30.4 Å². The van der Waals surface area contributed by atoms with Crippen LogP contribution in [0.1, 0.15) is 31.2 Å². The molecule has 0 fully saturated rings. The molecule has 0 aliphatic heterocycles. The fourth-order valence-corrected chi connectivity index (χ4v) is 2.09. The number of carbonyl (C=O) groups excluding carboxylic acids is 2. The van der Waals surface area contributed by atoms with Crippen LogP contribution < -0.4 is 0 Å². The quantitative estimate of drug-likeness (QED) is 0.152. The van der Waals surface area contributed by atoms with Crippen molar-refractivity contribution in [2.45, 2.75) is 25.7 Å². The Bertz CT molecular complexity index is 1190. The van der Waals surface area contributed by atoms with Gasteiger partial charge in [-0.2, -0.15) is 0 Å². The van der Waals surface area contributed by atoms with Crippen molar-refractivity contribution in [3.05, 3.63) is 70.8 Å². The second-order valence-corrected chi connectivity index (χ2v) is 5.89. The first-order chi connectivity index (χ1) is 16.0. The van der Waals surface area contributed by atoms with Gasteiger partial charge in [0.05, 0.1) is 16.9 Å². The molecule has 33 heavy (non-hydrogen) atoms. The smallest absolute Gasteiger partial charge is 0.348 e. The van der Waals surface area contributed by atoms with E-state index in [0.29, 0.717) is 12.8 Å². The average molecular weight is 441 g/mol. The Hall–Kier alpha value is -4.98. The minimum absolute atomic E-state index is 0.0201. The second-order valence-electron chi connectivity index (χ2n) is 5.89. The number of benzene rings is 1. The molecule has 1 aromatic rings. The van der Waals surface area contributed by atoms with Crippen molar-refractivity contribution >= 4 is 23.7 Å². The monoisotopic (exact) mass is 441 g/mol. The largest absolute Gasteiger partial charge is 0.371 e. The highest BCUT2D eigenvalue weighted by Gasteiger charge is 2.17. The highest BCUT2D eigenvalue weighted by molar-refractivity contribution is 5.95. The number of allylic oxidation sites excluding steroid dienone is 2. The van der Waals surface area contributed by atoms with E-state index >= 15 is 0 Å². The van der Waals surface area contributed by atoms with Crippen LogP contribution in [0.3, 0.4) is 0 Å². The lowest BCUT2D eigenvalue weighted by molar-refractivity contribution is -0.385. The van der Waals surface area contributed by atoms with Gasteiger partial charge in [0.25, 0.3) is 5.69 Å². The van der Waals surface area contributed by atoms with Crippen molar-refractivity contribution in [3.8, 4) is 47.7 Å². The van der Waals surface area contributed by atoms with E-state index in [-0.39, 0.29) is 29.7 Å². The van der Waals surface area contributed by atoms with Crippen LogP contribution in [0.2, 0.25) is 0 Å². The number of rotatable bonds is 8. The van der Waals surface area contributed by atoms with E-state index in [0.717, 1.165) is 0 Å². The van der Waals surface area contributed by atoms with E-state index in [1.54, 1.807) is 18.2 Å². The molecular weight excluding hydrogens is 422 g/mol. The van der Waals surface area contributed by atoms with Gasteiger partial charge in [-0.1, -0.05) is 36.1 Å². The SMILES string of the molecule is C=CCC#CC#COC(=O)CC/C(=C\c1ccccc1[N+](=O)[O-])C(=O)OC#CC#CCC=C. The maximum absolute atomic E-state index is 12.5. The summed E-state index contributed by atoms with van der Waals surface area (Å²) in [5.41, 5.74) is -0.0668. The number of esters is 2. The average Bonchev–Trinajstić information content (AvgIpc) is 2.81. The molecule has 0 aromatic heterocycles. The van der Waals surface area contributed by atoms with Crippen LogP contribution >= 0.6 is 0 Å². The molecule has 1 rings (SSSR count). The lowest BCUT2D eigenvalue weighted by Crippen LogP contribution is -2.08. The van der Waals surface area contributed by atoms with Gasteiger partial charge < -0.3 is 9.47 Å². The molecule has 0 heterocycles. The van der Waals surface area contributed by atoms with E-state index in [1.165, 1.54) is 24.3 Å². The van der Waals surface area contributed by atoms with Crippen LogP contribution in [0.25, 0.3) is 6.08 Å². The van der Waals surface area contributed by atoms with E-state index in [4.69, 9.17) is 9.47 Å². The lowest BCUT2D eigenvalue weighted by Gasteiger charge is -2.04. The molecule has 7 heteroatoms. The molecule has 164 valence electrons. The van der Waals surface area contributed by atoms with Crippen LogP contribution in [-0.2, 0) is 19.1 Å². The van der Waals surface area contributed by atoms with Gasteiger partial charge in [-0.3, -0.25) is 14.9 Å². The van der Waals surface area contributed by atoms with Gasteiger partial charge in [0, 0.05) is 36.3 Å². The Morgan fingerprint density at radius 1 is 0.939 bits per heavy atom. The van der Waals surface area contributed by atoms with E-state index in [2.05, 4.69) is 60.9 Å². The van der Waals surface area contributed by atoms with Gasteiger partial charge >= 0.3 is 11.9 Å². The molecule has 1 aromatic carbocycles. The molecule has 0 aliphatic rings. The summed E-state index contributed by atoms with van der Waals surface area (Å²) in [4.78, 5) is 35.1. The fraction of sp³-hybridized carbons (Fsp3) is 0.154. The van der Waals surface area contributed by atoms with Crippen molar-refractivity contribution in [1.29, 1.82) is 0 Å². The lowest BCUT2D eigenvalue weighted by atomic mass is 10.0. The topological polar surface area (TPSA) is 95.7 Å². The molecule has 0 N–H and O–H groups in total. The van der Waals surface area contributed by atoms with Crippen molar-refractivity contribution in [2.75, 3.05) is 0 Å². The zero-order valence-electron chi connectivity index (χ0n) is 17.7. The molecular formula is C26H19NO6. The third-order valence-corrected chi connectivity index (χ3v) is 3.53. The van der Waals surface area contributed by atoms with Crippen molar-refractivity contribution in [3.63, 3.8) is 0 Å². The van der Waals surface area contributed by atoms with Gasteiger partial charge in [0.15, 0.2) is 0 Å². The second kappa shape index (κ2) is 15.8. The summed E-state index contributed by atoms with van der Waals surface area (Å²) in [7, 11) is 0. The maximum Gasteiger partial charge on any atom is 0.348 e. The molecule has 0 amide bonds. The van der Waals surface area contributed by atoms with Crippen LogP contribution in [0.5, 0.6) is 0 Å². The minimum Gasteiger partial charge on any atom is -0.371 e. The number of nitro groups is 1. The Kier molecular flexibility index (Phi) is 12.5. The minimum atomic E-state index is -0.875. The van der Waals surface area contributed by atoms with Gasteiger partial charge in [0.2, 0.25) is 0 Å². The van der Waals surface area contributed by atoms with Gasteiger partial charge in [0.1, 0.15) is 12.2 Å². The first-order valence-corrected chi connectivity index (χ1v) is 9.52. The Morgan fingerprint density at radius 3 is 2.15 bits per heavy atom. The van der Waals surface area contributed by atoms with E-state index in [1.807, 2.05) is 0 Å². The molecule has 7 nitrogen and oxygen atoms in total. The predicted octanol–water partition coefficient (Wildman–Crippen LogP) is 3.93. The zero-order chi connectivity index (χ0) is 24.3. The third-order valence-electron chi connectivity index (χ3n) is 3.53. The zero-order valence-corrected chi connectivity index (χ0v) is 17.7. The number of hydrogen-bond donors (Lipinski definition) is 0. The van der Waals surface area contributed by atoms with E-state index in [9.17, 15) is 19.7 Å². The van der Waals surface area contributed by atoms with Crippen LogP contribution in [0.4, 0.5) is 5.69 Å². The molecule has 0 aliphatic carbocycles. The number of para-hydroxylation sites is 1. The number of ether oxygens (including phenoxy) is 2. The maximum atomic E-state index is 12.5. The molecule has 0 bridgehead atoms. The standard InChI is InChI=1S/C26H19NO6/c1-3-5-7-9-13-19-32-25(28)18-17-23(26(29)33-20-14-10-8-6-4-2)21-22-15-11-12-16-24(22)27(30)31/h3-4,11-12,15-16,21H,1-2,5-6,17-18H2/b23-21+. The van der Waals surface area contributed by atoms with Crippen molar-refractivity contribution < 1.29 is 24.0 Å². The molecule has 0 saturated carbocycles. The van der Waals surface area contributed by atoms with Crippen LogP contribution in [0.15, 0.2) is 55.1 Å². The fourth-order valence-electron chi connectivity index (χ4n) is 2.09. The summed E-state index contributed by atoms with van der Waals surface area (Å²) in [6.07, 6.45) is 9.28. The first kappa shape index (κ1) is 26.1. The number of carbonyl (C=O) groups is 2. The van der Waals surface area contributed by atoms with Crippen molar-refractivity contribution in [2.24, 2.45) is 0 Å². The molecule has 0 spiro atoms. The number of nitrogens with zero attached hydrogens (tertiary/aromatic N) is 1. The summed E-state index contributed by atoms with van der Waals surface area (Å²) >= 11 is 0. The summed E-state index contributed by atoms with van der Waals surface area (Å²) in [5, 5.41) is 11.3. The summed E-state index contributed by atoms with van der Waals surface area (Å²) in [6, 6.07) is 5.83. The Labute approximate surface area is 192 Å². The Balaban J connectivity index is 3.00. The molecule has 0 atom stereocenters. The van der Waals surface area contributed by atoms with Crippen LogP contribution in [0, 0.1) is 57.8 Å². The Morgan fingerprint density at radius 2 is 1.55 bits per heavy atom. The summed E-state index contributed by atoms with van der Waals surface area (Å²) in [6.45, 7) is 7.02. The van der Waals surface area contributed by atoms with E-state index < -0.39 is 16.9 Å². The van der Waals surface area contributed by atoms with Crippen molar-refractivity contribution in [1.82, 2.24) is 0 Å². The number of hydrogen-bond acceptors (Lipinski definition) is 6.